The van der Waals surface area contributed by atoms with Crippen LogP contribution in [0.15, 0.2) is 6.33 Å². The zero-order valence-electron chi connectivity index (χ0n) is 12.7. The van der Waals surface area contributed by atoms with E-state index in [9.17, 15) is 0 Å². The minimum Gasteiger partial charge on any atom is -0.370 e. The van der Waals surface area contributed by atoms with Crippen LogP contribution in [0.4, 0.5) is 5.82 Å². The van der Waals surface area contributed by atoms with Crippen molar-refractivity contribution in [2.24, 2.45) is 5.84 Å². The number of thiophene rings is 1. The SMILES string of the molecule is Cc1nc2sc3c(NN)ncnc3c2c2c1COC(C)(C)C2. The average molecular weight is 315 g/mol. The van der Waals surface area contributed by atoms with Gasteiger partial charge in [0.25, 0.3) is 0 Å². The number of nitrogens with zero attached hydrogens (tertiary/aromatic N) is 3. The van der Waals surface area contributed by atoms with Crippen molar-refractivity contribution < 1.29 is 4.74 Å². The number of fused-ring (bicyclic) bond motifs is 5. The molecule has 0 saturated carbocycles. The zero-order valence-corrected chi connectivity index (χ0v) is 13.5. The van der Waals surface area contributed by atoms with Crippen molar-refractivity contribution in [3.8, 4) is 0 Å². The molecule has 1 aliphatic rings. The number of aryl methyl sites for hydroxylation is 1. The van der Waals surface area contributed by atoms with Gasteiger partial charge in [0.15, 0.2) is 5.82 Å². The van der Waals surface area contributed by atoms with Gasteiger partial charge < -0.3 is 10.2 Å². The van der Waals surface area contributed by atoms with Gasteiger partial charge in [-0.15, -0.1) is 11.3 Å². The predicted octanol–water partition coefficient (Wildman–Crippen LogP) is 2.68. The van der Waals surface area contributed by atoms with Crippen molar-refractivity contribution in [1.82, 2.24) is 15.0 Å². The second kappa shape index (κ2) is 4.58. The van der Waals surface area contributed by atoms with E-state index >= 15 is 0 Å². The molecule has 22 heavy (non-hydrogen) atoms. The molecule has 4 heterocycles. The number of hydrogen-bond donors (Lipinski definition) is 2. The molecule has 3 aromatic rings. The third-order valence-electron chi connectivity index (χ3n) is 4.17. The van der Waals surface area contributed by atoms with Gasteiger partial charge in [-0.3, -0.25) is 0 Å². The van der Waals surface area contributed by atoms with E-state index in [0.29, 0.717) is 12.4 Å². The summed E-state index contributed by atoms with van der Waals surface area (Å²) < 4.78 is 6.90. The standard InChI is InChI=1S/C15H17N5OS/c1-7-9-5-21-15(2,3)4-8(9)10-11-12(22-14(10)19-7)13(20-16)18-6-17-11/h6H,4-5,16H2,1-3H3,(H,17,18,20). The van der Waals surface area contributed by atoms with E-state index in [-0.39, 0.29) is 5.60 Å². The summed E-state index contributed by atoms with van der Waals surface area (Å²) in [5.41, 5.74) is 6.91. The van der Waals surface area contributed by atoms with E-state index in [1.54, 1.807) is 17.7 Å². The lowest BCUT2D eigenvalue weighted by atomic mass is 9.89. The first-order chi connectivity index (χ1) is 10.5. The number of nitrogen functional groups attached to an aromatic ring is 1. The molecular weight excluding hydrogens is 298 g/mol. The number of ether oxygens (including phenoxy) is 1. The lowest BCUT2D eigenvalue weighted by Crippen LogP contribution is -2.32. The van der Waals surface area contributed by atoms with Gasteiger partial charge in [-0.25, -0.2) is 20.8 Å². The molecule has 0 aliphatic carbocycles. The molecule has 0 aromatic carbocycles. The van der Waals surface area contributed by atoms with E-state index in [4.69, 9.17) is 15.6 Å². The van der Waals surface area contributed by atoms with Crippen LogP contribution in [0.5, 0.6) is 0 Å². The van der Waals surface area contributed by atoms with Gasteiger partial charge in [0.05, 0.1) is 22.4 Å². The number of aromatic nitrogens is 3. The first kappa shape index (κ1) is 13.8. The molecule has 1 aliphatic heterocycles. The summed E-state index contributed by atoms with van der Waals surface area (Å²) in [7, 11) is 0. The summed E-state index contributed by atoms with van der Waals surface area (Å²) >= 11 is 1.58. The van der Waals surface area contributed by atoms with Crippen LogP contribution in [0.2, 0.25) is 0 Å². The molecule has 4 rings (SSSR count). The van der Waals surface area contributed by atoms with E-state index in [1.807, 2.05) is 6.92 Å². The van der Waals surface area contributed by atoms with Gasteiger partial charge >= 0.3 is 0 Å². The quantitative estimate of drug-likeness (QED) is 0.530. The number of nitrogens with two attached hydrogens (primary N) is 1. The Labute approximate surface area is 131 Å². The Hall–Kier alpha value is -1.83. The molecule has 0 atom stereocenters. The fraction of sp³-hybridized carbons (Fsp3) is 0.400. The molecule has 7 heteroatoms. The maximum atomic E-state index is 5.95. The topological polar surface area (TPSA) is 86.0 Å². The Morgan fingerprint density at radius 3 is 2.91 bits per heavy atom. The number of anilines is 1. The van der Waals surface area contributed by atoms with Crippen LogP contribution < -0.4 is 11.3 Å². The highest BCUT2D eigenvalue weighted by Crippen LogP contribution is 2.41. The van der Waals surface area contributed by atoms with Crippen molar-refractivity contribution in [3.63, 3.8) is 0 Å². The van der Waals surface area contributed by atoms with Gasteiger partial charge in [-0.2, -0.15) is 0 Å². The van der Waals surface area contributed by atoms with E-state index in [0.717, 1.165) is 32.5 Å². The van der Waals surface area contributed by atoms with Crippen LogP contribution in [0.1, 0.15) is 30.7 Å². The molecule has 3 N–H and O–H groups in total. The Morgan fingerprint density at radius 1 is 1.32 bits per heavy atom. The van der Waals surface area contributed by atoms with Gasteiger partial charge in [0.1, 0.15) is 11.2 Å². The van der Waals surface area contributed by atoms with Crippen molar-refractivity contribution in [3.05, 3.63) is 23.1 Å². The number of rotatable bonds is 1. The number of hydrogen-bond acceptors (Lipinski definition) is 7. The molecule has 3 aromatic heterocycles. The molecule has 0 saturated heterocycles. The van der Waals surface area contributed by atoms with Crippen LogP contribution in [-0.2, 0) is 17.8 Å². The van der Waals surface area contributed by atoms with Gasteiger partial charge in [0, 0.05) is 23.1 Å². The Bertz CT molecular complexity index is 902. The maximum absolute atomic E-state index is 5.95. The average Bonchev–Trinajstić information content (AvgIpc) is 2.84. The fourth-order valence-electron chi connectivity index (χ4n) is 3.07. The summed E-state index contributed by atoms with van der Waals surface area (Å²) in [5.74, 6) is 6.22. The Morgan fingerprint density at radius 2 is 2.14 bits per heavy atom. The molecule has 0 radical (unpaired) electrons. The second-order valence-corrected chi connectivity index (χ2v) is 7.21. The van der Waals surface area contributed by atoms with Crippen molar-refractivity contribution in [2.75, 3.05) is 5.43 Å². The molecule has 0 fully saturated rings. The summed E-state index contributed by atoms with van der Waals surface area (Å²) in [5, 5.41) is 1.12. The summed E-state index contributed by atoms with van der Waals surface area (Å²) in [6.07, 6.45) is 2.39. The summed E-state index contributed by atoms with van der Waals surface area (Å²) in [6.45, 7) is 6.88. The molecular formula is C15H17N5OS. The summed E-state index contributed by atoms with van der Waals surface area (Å²) in [6, 6.07) is 0. The van der Waals surface area contributed by atoms with Gasteiger partial charge in [-0.1, -0.05) is 0 Å². The maximum Gasteiger partial charge on any atom is 0.161 e. The first-order valence-corrected chi connectivity index (χ1v) is 7.98. The number of hydrazine groups is 1. The molecule has 6 nitrogen and oxygen atoms in total. The largest absolute Gasteiger partial charge is 0.370 e. The predicted molar refractivity (Wildman–Crippen MR) is 87.8 cm³/mol. The second-order valence-electron chi connectivity index (χ2n) is 6.21. The number of pyridine rings is 1. The third kappa shape index (κ3) is 1.89. The molecule has 0 spiro atoms. The Kier molecular flexibility index (Phi) is 2.87. The summed E-state index contributed by atoms with van der Waals surface area (Å²) in [4.78, 5) is 14.4. The molecule has 0 amide bonds. The highest BCUT2D eigenvalue weighted by atomic mass is 32.1. The molecule has 114 valence electrons. The van der Waals surface area contributed by atoms with Crippen molar-refractivity contribution in [2.45, 2.75) is 39.4 Å². The highest BCUT2D eigenvalue weighted by molar-refractivity contribution is 7.26. The molecule has 0 bridgehead atoms. The van der Waals surface area contributed by atoms with Crippen LogP contribution in [0.25, 0.3) is 20.4 Å². The minimum atomic E-state index is -0.177. The van der Waals surface area contributed by atoms with Crippen molar-refractivity contribution >= 4 is 37.6 Å². The van der Waals surface area contributed by atoms with E-state index in [2.05, 4.69) is 29.2 Å². The van der Waals surface area contributed by atoms with Crippen LogP contribution in [-0.4, -0.2) is 20.6 Å². The molecule has 0 unspecified atom stereocenters. The lowest BCUT2D eigenvalue weighted by molar-refractivity contribution is -0.0400. The fourth-order valence-corrected chi connectivity index (χ4v) is 4.23. The Balaban J connectivity index is 2.13. The minimum absolute atomic E-state index is 0.177. The smallest absolute Gasteiger partial charge is 0.161 e. The van der Waals surface area contributed by atoms with Crippen LogP contribution in [0.3, 0.4) is 0 Å². The van der Waals surface area contributed by atoms with Gasteiger partial charge in [-0.05, 0) is 26.3 Å². The van der Waals surface area contributed by atoms with Crippen LogP contribution >= 0.6 is 11.3 Å². The van der Waals surface area contributed by atoms with Crippen molar-refractivity contribution in [1.29, 1.82) is 0 Å². The monoisotopic (exact) mass is 315 g/mol. The zero-order chi connectivity index (χ0) is 15.5. The van der Waals surface area contributed by atoms with E-state index < -0.39 is 0 Å². The first-order valence-electron chi connectivity index (χ1n) is 7.16. The van der Waals surface area contributed by atoms with E-state index in [1.165, 1.54) is 11.1 Å². The normalized spacial score (nSPS) is 16.9. The highest BCUT2D eigenvalue weighted by Gasteiger charge is 2.30. The third-order valence-corrected chi connectivity index (χ3v) is 5.25. The van der Waals surface area contributed by atoms with Crippen LogP contribution in [0, 0.1) is 6.92 Å². The number of nitrogens with one attached hydrogen (secondary N) is 1. The van der Waals surface area contributed by atoms with Gasteiger partial charge in [0.2, 0.25) is 0 Å². The lowest BCUT2D eigenvalue weighted by Gasteiger charge is -2.32.